The topological polar surface area (TPSA) is 114 Å². The number of benzene rings is 3. The van der Waals surface area contributed by atoms with Gasteiger partial charge in [-0.1, -0.05) is 36.2 Å². The second-order valence-electron chi connectivity index (χ2n) is 11.9. The van der Waals surface area contributed by atoms with Crippen LogP contribution in [0.1, 0.15) is 61.1 Å². The maximum absolute atomic E-state index is 15.5. The largest absolute Gasteiger partial charge is 0.469 e. The van der Waals surface area contributed by atoms with Crippen molar-refractivity contribution in [2.24, 2.45) is 0 Å². The zero-order chi connectivity index (χ0) is 32.6. The number of likely N-dealkylation sites (tertiary alicyclic amines) is 1. The number of carbonyl (C=O) groups excluding carboxylic acids is 4. The summed E-state index contributed by atoms with van der Waals surface area (Å²) in [7, 11) is 1.29. The predicted octanol–water partition coefficient (Wildman–Crippen LogP) is 6.68. The normalized spacial score (nSPS) is 21.0. The molecule has 9 nitrogen and oxygen atoms in total. The Labute approximate surface area is 269 Å². The van der Waals surface area contributed by atoms with Crippen LogP contribution in [0, 0.1) is 11.6 Å². The van der Waals surface area contributed by atoms with E-state index in [0.29, 0.717) is 60.2 Å². The number of anilines is 2. The van der Waals surface area contributed by atoms with E-state index in [9.17, 15) is 19.2 Å². The van der Waals surface area contributed by atoms with Crippen molar-refractivity contribution in [3.63, 3.8) is 0 Å². The lowest BCUT2D eigenvalue weighted by Crippen LogP contribution is -2.54. The summed E-state index contributed by atoms with van der Waals surface area (Å²) in [4.78, 5) is 53.3. The highest BCUT2D eigenvalue weighted by atomic mass is 35.5. The first kappa shape index (κ1) is 31.5. The van der Waals surface area contributed by atoms with E-state index in [-0.39, 0.29) is 53.9 Å². The summed E-state index contributed by atoms with van der Waals surface area (Å²) in [5.41, 5.74) is 1.33. The number of amides is 3. The lowest BCUT2D eigenvalue weighted by Gasteiger charge is -2.45. The third-order valence-electron chi connectivity index (χ3n) is 8.85. The molecule has 3 amide bonds. The lowest BCUT2D eigenvalue weighted by atomic mass is 9.82. The zero-order valence-electron chi connectivity index (χ0n) is 25.1. The summed E-state index contributed by atoms with van der Waals surface area (Å²) in [6.45, 7) is 0.229. The monoisotopic (exact) mass is 651 g/mol. The Bertz CT molecular complexity index is 1750. The molecule has 2 atom stereocenters. The Morgan fingerprint density at radius 3 is 2.67 bits per heavy atom. The smallest absolute Gasteiger partial charge is 0.412 e. The number of hydrogen-bond acceptors (Lipinski definition) is 6. The standard InChI is InChI=1S/C34H32ClF2N3O6/c1-45-29(42)14-19-7-8-23-20-15-21(17-22(36)16-20)24(5-2-3-6-28(41)38-27(23)13-19)32(43)40-12-4-11-34(18-40)30-26(39-33(44)46-34)10-9-25(35)31(30)37/h7-10,13,15-17,24H,2-6,11-12,14,18H2,1H3,(H,38,41)(H,39,44)/t24-,34+/m1/s1. The Balaban J connectivity index is 1.37. The summed E-state index contributed by atoms with van der Waals surface area (Å²) in [5, 5.41) is 5.30. The number of piperidine rings is 1. The molecule has 6 rings (SSSR count). The van der Waals surface area contributed by atoms with Crippen LogP contribution in [0.25, 0.3) is 11.1 Å². The fourth-order valence-corrected chi connectivity index (χ4v) is 6.88. The Kier molecular flexibility index (Phi) is 8.69. The van der Waals surface area contributed by atoms with Gasteiger partial charge in [-0.2, -0.15) is 0 Å². The molecule has 46 heavy (non-hydrogen) atoms. The molecule has 1 saturated heterocycles. The van der Waals surface area contributed by atoms with Gasteiger partial charge in [-0.3, -0.25) is 19.7 Å². The molecule has 0 unspecified atom stereocenters. The van der Waals surface area contributed by atoms with Gasteiger partial charge < -0.3 is 19.7 Å². The number of hydrogen-bond donors (Lipinski definition) is 2. The van der Waals surface area contributed by atoms with Gasteiger partial charge in [0.15, 0.2) is 11.4 Å². The molecular weight excluding hydrogens is 620 g/mol. The van der Waals surface area contributed by atoms with Crippen molar-refractivity contribution in [1.29, 1.82) is 0 Å². The number of halogens is 3. The number of esters is 1. The van der Waals surface area contributed by atoms with Crippen LogP contribution in [0.15, 0.2) is 48.5 Å². The minimum atomic E-state index is -1.45. The molecule has 0 radical (unpaired) electrons. The molecule has 3 aromatic carbocycles. The average Bonchev–Trinajstić information content (AvgIpc) is 3.01. The fourth-order valence-electron chi connectivity index (χ4n) is 6.73. The first-order valence-corrected chi connectivity index (χ1v) is 15.5. The van der Waals surface area contributed by atoms with Crippen LogP contribution < -0.4 is 10.6 Å². The van der Waals surface area contributed by atoms with E-state index < -0.39 is 35.2 Å². The predicted molar refractivity (Wildman–Crippen MR) is 166 cm³/mol. The molecule has 3 aliphatic rings. The molecule has 0 saturated carbocycles. The van der Waals surface area contributed by atoms with Crippen molar-refractivity contribution in [3.05, 3.63) is 81.9 Å². The second kappa shape index (κ2) is 12.7. The van der Waals surface area contributed by atoms with Gasteiger partial charge in [0.05, 0.1) is 42.3 Å². The number of methoxy groups -OCH3 is 1. The van der Waals surface area contributed by atoms with Crippen LogP contribution in [-0.4, -0.2) is 49.0 Å². The van der Waals surface area contributed by atoms with E-state index in [1.807, 2.05) is 0 Å². The van der Waals surface area contributed by atoms with Gasteiger partial charge in [0.2, 0.25) is 11.8 Å². The van der Waals surface area contributed by atoms with Crippen LogP contribution in [0.5, 0.6) is 0 Å². The van der Waals surface area contributed by atoms with Crippen LogP contribution in [0.3, 0.4) is 0 Å². The van der Waals surface area contributed by atoms with Crippen molar-refractivity contribution >= 4 is 46.9 Å². The minimum absolute atomic E-state index is 0.00605. The highest BCUT2D eigenvalue weighted by molar-refractivity contribution is 6.31. The number of ether oxygens (including phenoxy) is 2. The SMILES string of the molecule is COC(=O)Cc1ccc2c(c1)NC(=O)CCCC[C@@H](C(=O)N1CCC[C@@]3(C1)OC(=O)Nc1ccc(Cl)c(F)c13)c1cc(F)cc-2c1. The van der Waals surface area contributed by atoms with Crippen molar-refractivity contribution in [1.82, 2.24) is 4.90 Å². The van der Waals surface area contributed by atoms with E-state index in [2.05, 4.69) is 10.6 Å². The summed E-state index contributed by atoms with van der Waals surface area (Å²) >= 11 is 6.12. The molecule has 1 spiro atoms. The molecule has 12 heteroatoms. The molecule has 2 bridgehead atoms. The quantitative estimate of drug-likeness (QED) is 0.306. The van der Waals surface area contributed by atoms with Crippen LogP contribution in [-0.2, 0) is 35.9 Å². The van der Waals surface area contributed by atoms with Gasteiger partial charge >= 0.3 is 12.1 Å². The third kappa shape index (κ3) is 6.16. The van der Waals surface area contributed by atoms with E-state index >= 15 is 8.78 Å². The molecule has 2 N–H and O–H groups in total. The molecule has 3 aliphatic heterocycles. The van der Waals surface area contributed by atoms with Crippen LogP contribution in [0.2, 0.25) is 5.02 Å². The summed E-state index contributed by atoms with van der Waals surface area (Å²) in [6, 6.07) is 12.3. The van der Waals surface area contributed by atoms with Crippen molar-refractivity contribution in [3.8, 4) is 11.1 Å². The number of carbonyl (C=O) groups is 4. The van der Waals surface area contributed by atoms with Gasteiger partial charge in [0.25, 0.3) is 0 Å². The molecule has 240 valence electrons. The van der Waals surface area contributed by atoms with E-state index in [1.165, 1.54) is 31.4 Å². The highest BCUT2D eigenvalue weighted by Crippen LogP contribution is 2.46. The van der Waals surface area contributed by atoms with Crippen molar-refractivity contribution < 1.29 is 37.4 Å². The molecule has 0 aromatic heterocycles. The molecule has 1 fully saturated rings. The Hall–Kier alpha value is -4.51. The summed E-state index contributed by atoms with van der Waals surface area (Å²) in [6.07, 6.45) is 1.44. The summed E-state index contributed by atoms with van der Waals surface area (Å²) in [5.74, 6) is -3.07. The number of nitrogens with zero attached hydrogens (tertiary/aromatic N) is 1. The lowest BCUT2D eigenvalue weighted by molar-refractivity contribution is -0.141. The van der Waals surface area contributed by atoms with Gasteiger partial charge in [0.1, 0.15) is 5.82 Å². The van der Waals surface area contributed by atoms with Crippen molar-refractivity contribution in [2.75, 3.05) is 30.8 Å². The van der Waals surface area contributed by atoms with Gasteiger partial charge in [-0.05, 0) is 72.7 Å². The number of rotatable bonds is 3. The minimum Gasteiger partial charge on any atom is -0.469 e. The van der Waals surface area contributed by atoms with Gasteiger partial charge in [-0.15, -0.1) is 0 Å². The van der Waals surface area contributed by atoms with E-state index in [4.69, 9.17) is 21.1 Å². The number of fused-ring (bicyclic) bond motifs is 6. The molecular formula is C34H32ClF2N3O6. The maximum atomic E-state index is 15.5. The first-order valence-electron chi connectivity index (χ1n) is 15.1. The highest BCUT2D eigenvalue weighted by Gasteiger charge is 2.49. The fraction of sp³-hybridized carbons (Fsp3) is 0.353. The Morgan fingerprint density at radius 1 is 1.04 bits per heavy atom. The third-order valence-corrected chi connectivity index (χ3v) is 9.15. The van der Waals surface area contributed by atoms with Gasteiger partial charge in [-0.25, -0.2) is 13.6 Å². The average molecular weight is 652 g/mol. The van der Waals surface area contributed by atoms with Gasteiger partial charge in [0, 0.05) is 24.2 Å². The summed E-state index contributed by atoms with van der Waals surface area (Å²) < 4.78 is 41.3. The molecule has 3 heterocycles. The van der Waals surface area contributed by atoms with E-state index in [0.717, 1.165) is 0 Å². The second-order valence-corrected chi connectivity index (χ2v) is 12.3. The molecule has 3 aromatic rings. The molecule has 0 aliphatic carbocycles. The van der Waals surface area contributed by atoms with E-state index in [1.54, 1.807) is 29.2 Å². The van der Waals surface area contributed by atoms with Crippen LogP contribution >= 0.6 is 11.6 Å². The van der Waals surface area contributed by atoms with Crippen molar-refractivity contribution in [2.45, 2.75) is 56.5 Å². The zero-order valence-corrected chi connectivity index (χ0v) is 25.8. The number of nitrogens with one attached hydrogen (secondary N) is 2. The van der Waals surface area contributed by atoms with Crippen LogP contribution in [0.4, 0.5) is 25.0 Å². The maximum Gasteiger partial charge on any atom is 0.412 e. The Morgan fingerprint density at radius 2 is 1.87 bits per heavy atom. The first-order chi connectivity index (χ1) is 22.1.